The number of pyridine rings is 1. The van der Waals surface area contributed by atoms with Crippen LogP contribution in [0.5, 0.6) is 0 Å². The number of anilines is 1. The highest BCUT2D eigenvalue weighted by molar-refractivity contribution is 7.89. The summed E-state index contributed by atoms with van der Waals surface area (Å²) in [6.45, 7) is 0.667. The molecule has 102 valence electrons. The summed E-state index contributed by atoms with van der Waals surface area (Å²) in [5.74, 6) is 5.27. The van der Waals surface area contributed by atoms with Gasteiger partial charge in [0.05, 0.1) is 12.2 Å². The summed E-state index contributed by atoms with van der Waals surface area (Å²) >= 11 is 0. The lowest BCUT2D eigenvalue weighted by atomic mass is 10.4. The maximum atomic E-state index is 12.1. The van der Waals surface area contributed by atoms with Crippen LogP contribution in [0.2, 0.25) is 0 Å². The van der Waals surface area contributed by atoms with Crippen molar-refractivity contribution in [2.45, 2.75) is 11.4 Å². The van der Waals surface area contributed by atoms with Gasteiger partial charge < -0.3 is 5.43 Å². The van der Waals surface area contributed by atoms with Crippen LogP contribution in [-0.4, -0.2) is 29.7 Å². The van der Waals surface area contributed by atoms with Crippen LogP contribution in [0.15, 0.2) is 41.8 Å². The highest BCUT2D eigenvalue weighted by atomic mass is 32.2. The van der Waals surface area contributed by atoms with E-state index in [9.17, 15) is 8.42 Å². The topological polar surface area (TPSA) is 115 Å². The first-order chi connectivity index (χ1) is 9.13. The average molecular weight is 282 g/mol. The molecule has 0 aliphatic carbocycles. The fraction of sp³-hybridized carbons (Fsp3) is 0.200. The molecule has 0 unspecified atom stereocenters. The standard InChI is InChI=1S/C10H14N6O2S/c11-15-9-2-4-12-8-10(9)19(17,18)14-5-7-16-6-1-3-13-16/h1-4,6,8,14H,5,7,11H2,(H,12,15). The largest absolute Gasteiger partial charge is 0.323 e. The number of nitrogen functional groups attached to an aromatic ring is 1. The Hall–Kier alpha value is -1.97. The van der Waals surface area contributed by atoms with Crippen molar-refractivity contribution >= 4 is 15.7 Å². The summed E-state index contributed by atoms with van der Waals surface area (Å²) in [6, 6.07) is 3.26. The second-order valence-electron chi connectivity index (χ2n) is 3.68. The van der Waals surface area contributed by atoms with Gasteiger partial charge in [-0.15, -0.1) is 0 Å². The van der Waals surface area contributed by atoms with Crippen LogP contribution in [0, 0.1) is 0 Å². The molecule has 0 aliphatic heterocycles. The number of nitrogens with zero attached hydrogens (tertiary/aromatic N) is 3. The molecule has 0 aromatic carbocycles. The predicted octanol–water partition coefficient (Wildman–Crippen LogP) is -0.458. The van der Waals surface area contributed by atoms with Crippen LogP contribution >= 0.6 is 0 Å². The second kappa shape index (κ2) is 5.78. The van der Waals surface area contributed by atoms with Crippen LogP contribution in [-0.2, 0) is 16.6 Å². The molecule has 0 fully saturated rings. The van der Waals surface area contributed by atoms with E-state index in [1.54, 1.807) is 23.1 Å². The van der Waals surface area contributed by atoms with Crippen molar-refractivity contribution in [3.05, 3.63) is 36.9 Å². The van der Waals surface area contributed by atoms with Gasteiger partial charge in [-0.3, -0.25) is 15.5 Å². The zero-order valence-corrected chi connectivity index (χ0v) is 10.8. The third-order valence-corrected chi connectivity index (χ3v) is 3.91. The van der Waals surface area contributed by atoms with Crippen LogP contribution in [0.1, 0.15) is 0 Å². The minimum Gasteiger partial charge on any atom is -0.323 e. The Morgan fingerprint density at radius 1 is 1.37 bits per heavy atom. The first-order valence-electron chi connectivity index (χ1n) is 5.51. The number of sulfonamides is 1. The Morgan fingerprint density at radius 3 is 2.89 bits per heavy atom. The Balaban J connectivity index is 2.05. The van der Waals surface area contributed by atoms with Crippen molar-refractivity contribution in [1.82, 2.24) is 19.5 Å². The molecule has 0 spiro atoms. The lowest BCUT2D eigenvalue weighted by Crippen LogP contribution is -2.28. The van der Waals surface area contributed by atoms with Crippen molar-refractivity contribution in [1.29, 1.82) is 0 Å². The zero-order chi connectivity index (χ0) is 13.7. The number of hydrazine groups is 1. The Bertz CT molecular complexity index is 625. The van der Waals surface area contributed by atoms with E-state index in [2.05, 4.69) is 20.2 Å². The van der Waals surface area contributed by atoms with Gasteiger partial charge in [-0.25, -0.2) is 13.1 Å². The summed E-state index contributed by atoms with van der Waals surface area (Å²) in [4.78, 5) is 3.80. The van der Waals surface area contributed by atoms with E-state index in [1.165, 1.54) is 18.5 Å². The fourth-order valence-corrected chi connectivity index (χ4v) is 2.65. The number of hydrogen-bond acceptors (Lipinski definition) is 6. The molecule has 2 aromatic heterocycles. The minimum atomic E-state index is -3.65. The van der Waals surface area contributed by atoms with Gasteiger partial charge in [-0.05, 0) is 12.1 Å². The third-order valence-electron chi connectivity index (χ3n) is 2.42. The maximum absolute atomic E-state index is 12.1. The molecule has 4 N–H and O–H groups in total. The Labute approximate surface area is 110 Å². The zero-order valence-electron chi connectivity index (χ0n) is 10.0. The van der Waals surface area contributed by atoms with Gasteiger partial charge >= 0.3 is 0 Å². The normalized spacial score (nSPS) is 11.4. The molecule has 0 bridgehead atoms. The molecule has 0 atom stereocenters. The molecule has 9 heteroatoms. The summed E-state index contributed by atoms with van der Waals surface area (Å²) in [7, 11) is -3.65. The minimum absolute atomic E-state index is 0.0120. The molecule has 0 amide bonds. The van der Waals surface area contributed by atoms with E-state index >= 15 is 0 Å². The summed E-state index contributed by atoms with van der Waals surface area (Å²) in [6.07, 6.45) is 6.08. The average Bonchev–Trinajstić information content (AvgIpc) is 2.91. The van der Waals surface area contributed by atoms with Crippen molar-refractivity contribution in [3.8, 4) is 0 Å². The third kappa shape index (κ3) is 3.28. The lowest BCUT2D eigenvalue weighted by molar-refractivity contribution is 0.561. The van der Waals surface area contributed by atoms with E-state index in [1.807, 2.05) is 0 Å². The molecule has 0 saturated heterocycles. The van der Waals surface area contributed by atoms with E-state index in [4.69, 9.17) is 5.84 Å². The predicted molar refractivity (Wildman–Crippen MR) is 69.5 cm³/mol. The van der Waals surface area contributed by atoms with E-state index in [-0.39, 0.29) is 11.4 Å². The van der Waals surface area contributed by atoms with E-state index in [0.717, 1.165) is 0 Å². The van der Waals surface area contributed by atoms with Gasteiger partial charge in [0.1, 0.15) is 4.90 Å². The quantitative estimate of drug-likeness (QED) is 0.488. The van der Waals surface area contributed by atoms with Gasteiger partial charge in [0.25, 0.3) is 0 Å². The van der Waals surface area contributed by atoms with Crippen LogP contribution < -0.4 is 16.0 Å². The molecule has 8 nitrogen and oxygen atoms in total. The van der Waals surface area contributed by atoms with Crippen LogP contribution in [0.25, 0.3) is 0 Å². The maximum Gasteiger partial charge on any atom is 0.244 e. The van der Waals surface area contributed by atoms with E-state index in [0.29, 0.717) is 12.2 Å². The van der Waals surface area contributed by atoms with Crippen molar-refractivity contribution in [3.63, 3.8) is 0 Å². The molecule has 0 aliphatic rings. The fourth-order valence-electron chi connectivity index (χ4n) is 1.52. The molecule has 2 heterocycles. The van der Waals surface area contributed by atoms with Crippen LogP contribution in [0.3, 0.4) is 0 Å². The SMILES string of the molecule is NNc1ccncc1S(=O)(=O)NCCn1cccn1. The lowest BCUT2D eigenvalue weighted by Gasteiger charge is -2.10. The van der Waals surface area contributed by atoms with E-state index < -0.39 is 10.0 Å². The van der Waals surface area contributed by atoms with Crippen molar-refractivity contribution in [2.24, 2.45) is 5.84 Å². The summed E-state index contributed by atoms with van der Waals surface area (Å²) in [5.41, 5.74) is 2.62. The summed E-state index contributed by atoms with van der Waals surface area (Å²) < 4.78 is 28.2. The van der Waals surface area contributed by atoms with Gasteiger partial charge in [0, 0.05) is 31.3 Å². The number of nitrogens with two attached hydrogens (primary N) is 1. The van der Waals surface area contributed by atoms with Crippen molar-refractivity contribution < 1.29 is 8.42 Å². The van der Waals surface area contributed by atoms with Gasteiger partial charge in [-0.2, -0.15) is 5.10 Å². The summed E-state index contributed by atoms with van der Waals surface area (Å²) in [5, 5.41) is 3.98. The Kier molecular flexibility index (Phi) is 4.10. The number of nitrogens with one attached hydrogen (secondary N) is 2. The van der Waals surface area contributed by atoms with Gasteiger partial charge in [0.2, 0.25) is 10.0 Å². The second-order valence-corrected chi connectivity index (χ2v) is 5.42. The first-order valence-corrected chi connectivity index (χ1v) is 6.99. The van der Waals surface area contributed by atoms with Gasteiger partial charge in [-0.1, -0.05) is 0 Å². The molecule has 0 radical (unpaired) electrons. The monoisotopic (exact) mass is 282 g/mol. The van der Waals surface area contributed by atoms with Crippen LogP contribution in [0.4, 0.5) is 5.69 Å². The highest BCUT2D eigenvalue weighted by Crippen LogP contribution is 2.17. The number of hydrogen-bond donors (Lipinski definition) is 3. The van der Waals surface area contributed by atoms with Crippen molar-refractivity contribution in [2.75, 3.05) is 12.0 Å². The number of rotatable bonds is 6. The first kappa shape index (κ1) is 13.5. The molecule has 2 rings (SSSR count). The molecule has 0 saturated carbocycles. The molecule has 2 aromatic rings. The highest BCUT2D eigenvalue weighted by Gasteiger charge is 2.17. The molecular formula is C10H14N6O2S. The molecule has 19 heavy (non-hydrogen) atoms. The van der Waals surface area contributed by atoms with Gasteiger partial charge in [0.15, 0.2) is 0 Å². The molecular weight excluding hydrogens is 268 g/mol. The Morgan fingerprint density at radius 2 is 2.21 bits per heavy atom. The smallest absolute Gasteiger partial charge is 0.244 e. The number of aromatic nitrogens is 3.